The van der Waals surface area contributed by atoms with Crippen LogP contribution in [0.3, 0.4) is 0 Å². The Hall–Kier alpha value is -3.97. The van der Waals surface area contributed by atoms with E-state index in [-0.39, 0.29) is 36.8 Å². The van der Waals surface area contributed by atoms with Gasteiger partial charge in [-0.1, -0.05) is 89.1 Å². The summed E-state index contributed by atoms with van der Waals surface area (Å²) in [5.74, 6) is -1.77. The SMILES string of the molecule is CO[C@@]12C[C@@H](C(=O)N[C@]3(C(=O)NS(=O)(=O)C4CC4)C[C@H]3C3CC3)N(C1)C(=O)[C@H](C(C)(C)C)NC(=O)OCC(C)(C)CCCCc1cc(C)ccc1-c1ccc2cc1. The molecule has 8 rings (SSSR count). The van der Waals surface area contributed by atoms with E-state index in [1.807, 2.05) is 32.9 Å². The number of carbonyl (C=O) groups is 4. The predicted octanol–water partition coefficient (Wildman–Crippen LogP) is 5.89. The normalized spacial score (nSPS) is 29.5. The van der Waals surface area contributed by atoms with Gasteiger partial charge in [-0.15, -0.1) is 0 Å². The Morgan fingerprint density at radius 2 is 1.68 bits per heavy atom. The summed E-state index contributed by atoms with van der Waals surface area (Å²) in [5, 5.41) is 5.24. The van der Waals surface area contributed by atoms with Crippen molar-refractivity contribution < 1.29 is 37.1 Å². The number of amides is 4. The number of alkyl carbamates (subject to hydrolysis) is 1. The third kappa shape index (κ3) is 8.60. The molecule has 3 heterocycles. The minimum Gasteiger partial charge on any atom is -0.449 e. The Morgan fingerprint density at radius 3 is 2.32 bits per heavy atom. The maximum Gasteiger partial charge on any atom is 0.407 e. The van der Waals surface area contributed by atoms with Gasteiger partial charge in [0.2, 0.25) is 21.8 Å². The second kappa shape index (κ2) is 15.0. The average Bonchev–Trinajstić information content (AvgIpc) is 4.02. The van der Waals surface area contributed by atoms with Crippen LogP contribution in [0.5, 0.6) is 0 Å². The monoisotopic (exact) mass is 804 g/mol. The van der Waals surface area contributed by atoms with Gasteiger partial charge in [0.25, 0.3) is 5.91 Å². The zero-order valence-electron chi connectivity index (χ0n) is 34.5. The fourth-order valence-corrected chi connectivity index (χ4v) is 10.4. The van der Waals surface area contributed by atoms with Gasteiger partial charge in [0.15, 0.2) is 0 Å². The van der Waals surface area contributed by atoms with Crippen LogP contribution < -0.4 is 15.4 Å². The molecule has 12 nitrogen and oxygen atoms in total. The molecule has 3 saturated carbocycles. The van der Waals surface area contributed by atoms with E-state index in [1.165, 1.54) is 16.0 Å². The van der Waals surface area contributed by atoms with E-state index in [0.29, 0.717) is 19.3 Å². The van der Waals surface area contributed by atoms with Gasteiger partial charge in [0.05, 0.1) is 18.4 Å². The van der Waals surface area contributed by atoms with E-state index >= 15 is 0 Å². The van der Waals surface area contributed by atoms with Crippen LogP contribution >= 0.6 is 0 Å². The first-order valence-electron chi connectivity index (χ1n) is 20.6. The summed E-state index contributed by atoms with van der Waals surface area (Å²) in [6, 6.07) is 12.4. The highest BCUT2D eigenvalue weighted by Gasteiger charge is 2.67. The minimum absolute atomic E-state index is 0.00675. The Morgan fingerprint density at radius 1 is 0.982 bits per heavy atom. The Labute approximate surface area is 337 Å². The second-order valence-electron chi connectivity index (χ2n) is 19.3. The summed E-state index contributed by atoms with van der Waals surface area (Å²) in [5.41, 5.74) is 1.79. The fraction of sp³-hybridized carbons (Fsp3) is 0.636. The van der Waals surface area contributed by atoms with Crippen LogP contribution in [0.15, 0.2) is 42.5 Å². The zero-order valence-corrected chi connectivity index (χ0v) is 35.4. The molecule has 3 N–H and O–H groups in total. The van der Waals surface area contributed by atoms with Crippen LogP contribution in [0.1, 0.15) is 109 Å². The van der Waals surface area contributed by atoms with Gasteiger partial charge in [-0.2, -0.15) is 0 Å². The summed E-state index contributed by atoms with van der Waals surface area (Å²) < 4.78 is 40.2. The smallest absolute Gasteiger partial charge is 0.407 e. The molecule has 310 valence electrons. The molecule has 4 amide bonds. The summed E-state index contributed by atoms with van der Waals surface area (Å²) in [6.07, 6.45) is 6.11. The summed E-state index contributed by atoms with van der Waals surface area (Å²) >= 11 is 0. The topological polar surface area (TPSA) is 160 Å². The van der Waals surface area contributed by atoms with Crippen molar-refractivity contribution in [3.63, 3.8) is 0 Å². The number of nitrogens with zero attached hydrogens (tertiary/aromatic N) is 1. The number of rotatable bonds is 7. The van der Waals surface area contributed by atoms with E-state index in [2.05, 4.69) is 66.5 Å². The van der Waals surface area contributed by atoms with Gasteiger partial charge in [0, 0.05) is 13.5 Å². The zero-order chi connectivity index (χ0) is 41.1. The largest absolute Gasteiger partial charge is 0.449 e. The van der Waals surface area contributed by atoms with E-state index < -0.39 is 67.7 Å². The predicted molar refractivity (Wildman–Crippen MR) is 216 cm³/mol. The van der Waals surface area contributed by atoms with Crippen LogP contribution in [0.2, 0.25) is 0 Å². The molecule has 3 aliphatic heterocycles. The van der Waals surface area contributed by atoms with Crippen molar-refractivity contribution in [2.24, 2.45) is 22.7 Å². The van der Waals surface area contributed by atoms with Gasteiger partial charge in [-0.3, -0.25) is 19.1 Å². The molecule has 5 atom stereocenters. The molecule has 13 heteroatoms. The number of aryl methyl sites for hydroxylation is 2. The number of fused-ring (bicyclic) bond motifs is 12. The van der Waals surface area contributed by atoms with Crippen LogP contribution in [0, 0.1) is 29.6 Å². The quantitative estimate of drug-likeness (QED) is 0.313. The van der Waals surface area contributed by atoms with Crippen molar-refractivity contribution in [2.75, 3.05) is 20.3 Å². The lowest BCUT2D eigenvalue weighted by atomic mass is 9.85. The van der Waals surface area contributed by atoms with Crippen LogP contribution in [-0.2, 0) is 45.9 Å². The maximum absolute atomic E-state index is 14.9. The highest BCUT2D eigenvalue weighted by Crippen LogP contribution is 2.57. The number of benzene rings is 2. The van der Waals surface area contributed by atoms with Crippen molar-refractivity contribution in [1.29, 1.82) is 0 Å². The van der Waals surface area contributed by atoms with Crippen LogP contribution in [0.4, 0.5) is 4.79 Å². The van der Waals surface area contributed by atoms with Gasteiger partial charge in [-0.05, 0) is 103 Å². The lowest BCUT2D eigenvalue weighted by Gasteiger charge is -2.36. The summed E-state index contributed by atoms with van der Waals surface area (Å²) in [7, 11) is -2.30. The van der Waals surface area contributed by atoms with Crippen molar-refractivity contribution in [3.8, 4) is 11.1 Å². The number of ether oxygens (including phenoxy) is 2. The first-order valence-corrected chi connectivity index (χ1v) is 22.2. The van der Waals surface area contributed by atoms with E-state index in [9.17, 15) is 27.6 Å². The molecule has 0 unspecified atom stereocenters. The van der Waals surface area contributed by atoms with E-state index in [4.69, 9.17) is 9.47 Å². The molecule has 2 aromatic carbocycles. The highest BCUT2D eigenvalue weighted by molar-refractivity contribution is 7.91. The molecular formula is C44H60N4O8S. The maximum atomic E-state index is 14.9. The Bertz CT molecular complexity index is 2020. The highest BCUT2D eigenvalue weighted by atomic mass is 32.2. The third-order valence-electron chi connectivity index (χ3n) is 13.0. The molecule has 57 heavy (non-hydrogen) atoms. The Kier molecular flexibility index (Phi) is 10.8. The number of methoxy groups -OCH3 is 1. The number of nitrogens with one attached hydrogen (secondary N) is 3. The third-order valence-corrected chi connectivity index (χ3v) is 14.8. The Balaban J connectivity index is 1.26. The molecule has 4 fully saturated rings. The molecule has 6 aliphatic rings. The molecule has 0 spiro atoms. The standard InChI is InChI=1S/C44H60N4O8S/c1-27-11-20-33-28-14-16-31(17-15-28)43(55-7)24-35(37(49)46-44(23-34(44)29-12-13-29)39(51)47-57(53,54)32-18-19-32)48(25-43)38(50)36(41(2,3)4)45-40(52)56-26-42(5,6)21-9-8-10-30(33)22-27/h11,14-17,20,22,29,32,34-36H,8-10,12-13,18-19,21,23-26H2,1-7H3,(H,45,52)(H,46,49)(H,47,51)/t34-,35-,36+,43-,44+/m0/s1. The molecule has 2 aromatic rings. The molecule has 1 saturated heterocycles. The number of carbonyl (C=O) groups excluding carboxylic acids is 4. The minimum atomic E-state index is -3.87. The molecule has 4 bridgehead atoms. The first kappa shape index (κ1) is 41.2. The number of sulfonamides is 1. The van der Waals surface area contributed by atoms with Crippen LogP contribution in [-0.4, -0.2) is 80.3 Å². The van der Waals surface area contributed by atoms with Gasteiger partial charge < -0.3 is 25.0 Å². The van der Waals surface area contributed by atoms with Gasteiger partial charge in [0.1, 0.15) is 23.2 Å². The van der Waals surface area contributed by atoms with Crippen molar-refractivity contribution >= 4 is 33.8 Å². The lowest BCUT2D eigenvalue weighted by Crippen LogP contribution is -2.60. The fourth-order valence-electron chi connectivity index (χ4n) is 9.01. The number of hydrogen-bond donors (Lipinski definition) is 3. The van der Waals surface area contributed by atoms with Gasteiger partial charge in [-0.25, -0.2) is 13.2 Å². The van der Waals surface area contributed by atoms with Crippen molar-refractivity contribution in [1.82, 2.24) is 20.3 Å². The second-order valence-corrected chi connectivity index (χ2v) is 21.3. The summed E-state index contributed by atoms with van der Waals surface area (Å²) in [4.78, 5) is 58.5. The lowest BCUT2D eigenvalue weighted by molar-refractivity contribution is -0.143. The van der Waals surface area contributed by atoms with Crippen LogP contribution in [0.25, 0.3) is 11.1 Å². The van der Waals surface area contributed by atoms with Crippen molar-refractivity contribution in [3.05, 3.63) is 59.2 Å². The van der Waals surface area contributed by atoms with Crippen molar-refractivity contribution in [2.45, 2.75) is 134 Å². The summed E-state index contributed by atoms with van der Waals surface area (Å²) in [6.45, 7) is 11.9. The molecule has 3 aliphatic carbocycles. The van der Waals surface area contributed by atoms with E-state index in [0.717, 1.165) is 55.2 Å². The van der Waals surface area contributed by atoms with Gasteiger partial charge >= 0.3 is 6.09 Å². The number of hydrogen-bond acceptors (Lipinski definition) is 8. The first-order chi connectivity index (χ1) is 26.8. The molecular weight excluding hydrogens is 745 g/mol. The molecule has 0 radical (unpaired) electrons. The van der Waals surface area contributed by atoms with E-state index in [1.54, 1.807) is 7.11 Å². The average molecular weight is 805 g/mol. The molecule has 0 aromatic heterocycles.